The molecule has 1 fully saturated rings. The van der Waals surface area contributed by atoms with E-state index in [9.17, 15) is 4.79 Å². The van der Waals surface area contributed by atoms with Crippen LogP contribution in [0, 0.1) is 5.92 Å². The molecular formula is C21H35IN4O2. The molecule has 1 unspecified atom stereocenters. The number of aliphatic imine (C=N–C) groups is 1. The molecular weight excluding hydrogens is 467 g/mol. The maximum Gasteiger partial charge on any atom is 0.242 e. The van der Waals surface area contributed by atoms with Crippen LogP contribution >= 0.6 is 24.0 Å². The van der Waals surface area contributed by atoms with Crippen LogP contribution in [0.3, 0.4) is 0 Å². The minimum Gasteiger partial charge on any atom is -0.376 e. The summed E-state index contributed by atoms with van der Waals surface area (Å²) in [5.41, 5.74) is 0.965. The third kappa shape index (κ3) is 9.23. The van der Waals surface area contributed by atoms with E-state index in [4.69, 9.17) is 4.74 Å². The Morgan fingerprint density at radius 2 is 2.00 bits per heavy atom. The zero-order chi connectivity index (χ0) is 19.7. The van der Waals surface area contributed by atoms with Gasteiger partial charge in [-0.3, -0.25) is 4.79 Å². The molecule has 1 saturated heterocycles. The van der Waals surface area contributed by atoms with Crippen LogP contribution in [-0.4, -0.2) is 55.1 Å². The number of hydrogen-bond donors (Lipinski definition) is 2. The van der Waals surface area contributed by atoms with Gasteiger partial charge in [0.15, 0.2) is 5.96 Å². The third-order valence-corrected chi connectivity index (χ3v) is 4.27. The summed E-state index contributed by atoms with van der Waals surface area (Å²) >= 11 is 0. The monoisotopic (exact) mass is 502 g/mol. The van der Waals surface area contributed by atoms with Crippen LogP contribution in [0.15, 0.2) is 35.3 Å². The lowest BCUT2D eigenvalue weighted by Crippen LogP contribution is -2.44. The Kier molecular flexibility index (Phi) is 10.8. The number of nitrogens with one attached hydrogen (secondary N) is 2. The highest BCUT2D eigenvalue weighted by Crippen LogP contribution is 2.17. The average molecular weight is 502 g/mol. The zero-order valence-corrected chi connectivity index (χ0v) is 19.9. The van der Waals surface area contributed by atoms with Crippen molar-refractivity contribution < 1.29 is 9.53 Å². The highest BCUT2D eigenvalue weighted by molar-refractivity contribution is 14.0. The summed E-state index contributed by atoms with van der Waals surface area (Å²) in [5, 5.41) is 6.25. The molecule has 1 aliphatic rings. The fourth-order valence-corrected chi connectivity index (χ4v) is 3.11. The minimum atomic E-state index is -0.236. The van der Waals surface area contributed by atoms with E-state index < -0.39 is 0 Å². The number of carbonyl (C=O) groups excluding carboxylic acids is 1. The van der Waals surface area contributed by atoms with E-state index in [1.165, 1.54) is 5.56 Å². The molecule has 28 heavy (non-hydrogen) atoms. The Labute approximate surface area is 186 Å². The zero-order valence-electron chi connectivity index (χ0n) is 17.5. The fourth-order valence-electron chi connectivity index (χ4n) is 3.11. The Hall–Kier alpha value is -1.35. The predicted molar refractivity (Wildman–Crippen MR) is 125 cm³/mol. The van der Waals surface area contributed by atoms with Crippen molar-refractivity contribution in [1.82, 2.24) is 15.5 Å². The first-order valence-electron chi connectivity index (χ1n) is 9.83. The number of hydrogen-bond acceptors (Lipinski definition) is 3. The van der Waals surface area contributed by atoms with Crippen molar-refractivity contribution in [3.8, 4) is 0 Å². The van der Waals surface area contributed by atoms with Gasteiger partial charge in [0.1, 0.15) is 6.54 Å². The van der Waals surface area contributed by atoms with Crippen LogP contribution in [0.2, 0.25) is 0 Å². The van der Waals surface area contributed by atoms with E-state index in [2.05, 4.69) is 32.7 Å². The first-order chi connectivity index (χ1) is 12.9. The number of amides is 1. The van der Waals surface area contributed by atoms with Gasteiger partial charge in [0, 0.05) is 31.1 Å². The van der Waals surface area contributed by atoms with E-state index in [1.807, 2.05) is 45.9 Å². The first-order valence-corrected chi connectivity index (χ1v) is 9.83. The van der Waals surface area contributed by atoms with Crippen LogP contribution in [0.1, 0.15) is 39.7 Å². The van der Waals surface area contributed by atoms with Gasteiger partial charge in [-0.2, -0.15) is 0 Å². The summed E-state index contributed by atoms with van der Waals surface area (Å²) in [6.07, 6.45) is 1.08. The molecule has 6 nitrogen and oxygen atoms in total. The molecule has 0 spiro atoms. The average Bonchev–Trinajstić information content (AvgIpc) is 3.07. The van der Waals surface area contributed by atoms with E-state index >= 15 is 0 Å². The lowest BCUT2D eigenvalue weighted by molar-refractivity contribution is -0.121. The molecule has 158 valence electrons. The smallest absolute Gasteiger partial charge is 0.242 e. The minimum absolute atomic E-state index is 0. The molecule has 0 bridgehead atoms. The van der Waals surface area contributed by atoms with Gasteiger partial charge in [-0.25, -0.2) is 4.99 Å². The summed E-state index contributed by atoms with van der Waals surface area (Å²) in [4.78, 5) is 18.8. The highest BCUT2D eigenvalue weighted by atomic mass is 127. The van der Waals surface area contributed by atoms with Crippen molar-refractivity contribution in [1.29, 1.82) is 0 Å². The third-order valence-electron chi connectivity index (χ3n) is 4.27. The van der Waals surface area contributed by atoms with E-state index in [-0.39, 0.29) is 42.0 Å². The molecule has 0 radical (unpaired) electrons. The standard InChI is InChI=1S/C21H34N4O2.HI/c1-5-22-20(23-13-19(26)24-21(2,3)4)25-12-11-18(14-25)16-27-15-17-9-7-6-8-10-17;/h6-10,18H,5,11-16H2,1-4H3,(H,22,23)(H,24,26);1H. The van der Waals surface area contributed by atoms with Crippen molar-refractivity contribution in [3.63, 3.8) is 0 Å². The topological polar surface area (TPSA) is 66.0 Å². The number of halogens is 1. The van der Waals surface area contributed by atoms with Gasteiger partial charge in [-0.1, -0.05) is 30.3 Å². The Balaban J connectivity index is 0.00000392. The second-order valence-corrected chi connectivity index (χ2v) is 8.07. The fraction of sp³-hybridized carbons (Fsp3) is 0.619. The molecule has 0 saturated carbocycles. The normalized spacial score (nSPS) is 17.2. The number of carbonyl (C=O) groups is 1. The number of benzene rings is 1. The van der Waals surface area contributed by atoms with Gasteiger partial charge >= 0.3 is 0 Å². The van der Waals surface area contributed by atoms with Crippen molar-refractivity contribution in [2.45, 2.75) is 46.3 Å². The maximum absolute atomic E-state index is 12.0. The molecule has 2 rings (SSSR count). The number of guanidine groups is 1. The van der Waals surface area contributed by atoms with Gasteiger partial charge in [0.05, 0.1) is 13.2 Å². The summed E-state index contributed by atoms with van der Waals surface area (Å²) in [6, 6.07) is 10.2. The van der Waals surface area contributed by atoms with E-state index in [1.54, 1.807) is 0 Å². The van der Waals surface area contributed by atoms with Gasteiger partial charge in [-0.05, 0) is 39.7 Å². The van der Waals surface area contributed by atoms with Gasteiger partial charge < -0.3 is 20.3 Å². The maximum atomic E-state index is 12.0. The summed E-state index contributed by atoms with van der Waals surface area (Å²) in [6.45, 7) is 12.1. The predicted octanol–water partition coefficient (Wildman–Crippen LogP) is 3.02. The summed E-state index contributed by atoms with van der Waals surface area (Å²) in [7, 11) is 0. The molecule has 1 aromatic rings. The quantitative estimate of drug-likeness (QED) is 0.342. The second kappa shape index (κ2) is 12.3. The van der Waals surface area contributed by atoms with Crippen LogP contribution in [0.25, 0.3) is 0 Å². The van der Waals surface area contributed by atoms with Crippen LogP contribution < -0.4 is 10.6 Å². The molecule has 1 aliphatic heterocycles. The van der Waals surface area contributed by atoms with Crippen molar-refractivity contribution in [3.05, 3.63) is 35.9 Å². The molecule has 2 N–H and O–H groups in total. The van der Waals surface area contributed by atoms with Gasteiger partial charge in [0.25, 0.3) is 0 Å². The van der Waals surface area contributed by atoms with Gasteiger partial charge in [-0.15, -0.1) is 24.0 Å². The van der Waals surface area contributed by atoms with Crippen LogP contribution in [0.4, 0.5) is 0 Å². The summed E-state index contributed by atoms with van der Waals surface area (Å²) in [5.74, 6) is 1.24. The first kappa shape index (κ1) is 24.7. The SMILES string of the molecule is CCNC(=NCC(=O)NC(C)(C)C)N1CCC(COCc2ccccc2)C1.I. The van der Waals surface area contributed by atoms with Crippen LogP contribution in [-0.2, 0) is 16.1 Å². The largest absolute Gasteiger partial charge is 0.376 e. The summed E-state index contributed by atoms with van der Waals surface area (Å²) < 4.78 is 5.89. The number of nitrogens with zero attached hydrogens (tertiary/aromatic N) is 2. The van der Waals surface area contributed by atoms with Crippen molar-refractivity contribution in [2.24, 2.45) is 10.9 Å². The van der Waals surface area contributed by atoms with Crippen molar-refractivity contribution in [2.75, 3.05) is 32.8 Å². The number of ether oxygens (including phenoxy) is 1. The molecule has 1 atom stereocenters. The molecule has 0 aromatic heterocycles. The van der Waals surface area contributed by atoms with Gasteiger partial charge in [0.2, 0.25) is 5.91 Å². The Morgan fingerprint density at radius 1 is 1.29 bits per heavy atom. The Bertz CT molecular complexity index is 617. The lowest BCUT2D eigenvalue weighted by Gasteiger charge is -2.23. The second-order valence-electron chi connectivity index (χ2n) is 8.07. The molecule has 1 heterocycles. The van der Waals surface area contributed by atoms with Crippen molar-refractivity contribution >= 4 is 35.8 Å². The van der Waals surface area contributed by atoms with E-state index in [0.29, 0.717) is 12.5 Å². The highest BCUT2D eigenvalue weighted by Gasteiger charge is 2.25. The number of likely N-dealkylation sites (tertiary alicyclic amines) is 1. The Morgan fingerprint density at radius 3 is 2.64 bits per heavy atom. The molecule has 0 aliphatic carbocycles. The van der Waals surface area contributed by atoms with Crippen LogP contribution in [0.5, 0.6) is 0 Å². The number of rotatable bonds is 7. The molecule has 1 aromatic carbocycles. The van der Waals surface area contributed by atoms with E-state index in [0.717, 1.165) is 38.6 Å². The molecule has 1 amide bonds. The molecule has 7 heteroatoms. The lowest BCUT2D eigenvalue weighted by atomic mass is 10.1.